The largest absolute Gasteiger partial charge is 0.376 e. The Morgan fingerprint density at radius 1 is 0.647 bits per heavy atom. The van der Waals surface area contributed by atoms with Gasteiger partial charge >= 0.3 is 0 Å². The maximum Gasteiger partial charge on any atom is 0.135 e. The van der Waals surface area contributed by atoms with Gasteiger partial charge in [-0.3, -0.25) is 0 Å². The molecule has 0 radical (unpaired) electrons. The number of rotatable bonds is 11. The molecule has 1 heterocycles. The molecule has 6 nitrogen and oxygen atoms in total. The van der Waals surface area contributed by atoms with Crippen LogP contribution >= 0.6 is 0 Å². The Hall–Kier alpha value is -2.58. The van der Waals surface area contributed by atoms with Crippen LogP contribution in [0.3, 0.4) is 0 Å². The molecule has 2 N–H and O–H groups in total. The molecule has 0 aliphatic carbocycles. The van der Waals surface area contributed by atoms with Crippen LogP contribution in [-0.2, 0) is 43.5 Å². The highest BCUT2D eigenvalue weighted by molar-refractivity contribution is 5.15. The molecule has 0 spiro atoms. The van der Waals surface area contributed by atoms with Crippen molar-refractivity contribution in [3.63, 3.8) is 0 Å². The topological polar surface area (TPSA) is 72.2 Å². The molecule has 5 atom stereocenters. The average Bonchev–Trinajstić information content (AvgIpc) is 2.88. The highest BCUT2D eigenvalue weighted by Gasteiger charge is 2.46. The zero-order valence-electron chi connectivity index (χ0n) is 19.5. The Balaban J connectivity index is 1.45. The van der Waals surface area contributed by atoms with E-state index >= 15 is 0 Å². The second-order valence-electron chi connectivity index (χ2n) is 8.36. The molecule has 0 aromatic heterocycles. The molecule has 3 aromatic rings. The normalized spacial score (nSPS) is 24.7. The zero-order chi connectivity index (χ0) is 23.6. The van der Waals surface area contributed by atoms with Gasteiger partial charge in [-0.05, 0) is 16.7 Å². The third-order valence-electron chi connectivity index (χ3n) is 5.91. The standard InChI is InChI=1S/C28H33NO5/c1-30-25-24(20-31-17-21-11-5-2-6-12-21)34-28(29)27(33-19-23-15-9-4-10-16-23)26(25)32-18-22-13-7-3-8-14-22/h2-16,24-28H,17-20,29H2,1H3/t24?,25-,26+,27?,28-/m1/s1. The van der Waals surface area contributed by atoms with Crippen molar-refractivity contribution in [3.05, 3.63) is 108 Å². The Kier molecular flexibility index (Phi) is 9.21. The van der Waals surface area contributed by atoms with Gasteiger partial charge in [0.1, 0.15) is 30.6 Å². The molecular weight excluding hydrogens is 430 g/mol. The lowest BCUT2D eigenvalue weighted by atomic mass is 9.97. The maximum atomic E-state index is 6.45. The molecule has 3 aromatic carbocycles. The molecule has 6 heteroatoms. The fourth-order valence-corrected chi connectivity index (χ4v) is 4.14. The van der Waals surface area contributed by atoms with Crippen molar-refractivity contribution >= 4 is 0 Å². The van der Waals surface area contributed by atoms with Gasteiger partial charge in [-0.2, -0.15) is 0 Å². The van der Waals surface area contributed by atoms with E-state index in [-0.39, 0.29) is 6.10 Å². The van der Waals surface area contributed by atoms with E-state index in [0.29, 0.717) is 26.4 Å². The van der Waals surface area contributed by atoms with Gasteiger partial charge in [0, 0.05) is 7.11 Å². The van der Waals surface area contributed by atoms with Crippen LogP contribution in [0.5, 0.6) is 0 Å². The first-order valence-electron chi connectivity index (χ1n) is 11.6. The fraction of sp³-hybridized carbons (Fsp3) is 0.357. The summed E-state index contributed by atoms with van der Waals surface area (Å²) in [6.45, 7) is 1.63. The van der Waals surface area contributed by atoms with Crippen molar-refractivity contribution in [2.45, 2.75) is 50.5 Å². The lowest BCUT2D eigenvalue weighted by Crippen LogP contribution is -2.63. The van der Waals surface area contributed by atoms with E-state index in [0.717, 1.165) is 16.7 Å². The monoisotopic (exact) mass is 463 g/mol. The third kappa shape index (κ3) is 6.73. The predicted molar refractivity (Wildman–Crippen MR) is 130 cm³/mol. The van der Waals surface area contributed by atoms with Crippen molar-refractivity contribution in [1.29, 1.82) is 0 Å². The summed E-state index contributed by atoms with van der Waals surface area (Å²) in [4.78, 5) is 0. The molecule has 1 aliphatic heterocycles. The molecule has 0 saturated carbocycles. The molecule has 4 rings (SSSR count). The lowest BCUT2D eigenvalue weighted by molar-refractivity contribution is -0.264. The minimum Gasteiger partial charge on any atom is -0.376 e. The molecule has 1 saturated heterocycles. The summed E-state index contributed by atoms with van der Waals surface area (Å²) in [6.07, 6.45) is -2.40. The fourth-order valence-electron chi connectivity index (χ4n) is 4.14. The number of methoxy groups -OCH3 is 1. The summed E-state index contributed by atoms with van der Waals surface area (Å²) >= 11 is 0. The first-order chi connectivity index (χ1) is 16.7. The molecular formula is C28H33NO5. The van der Waals surface area contributed by atoms with Crippen LogP contribution in [0.4, 0.5) is 0 Å². The average molecular weight is 464 g/mol. The second-order valence-corrected chi connectivity index (χ2v) is 8.36. The summed E-state index contributed by atoms with van der Waals surface area (Å²) in [5, 5.41) is 0. The molecule has 0 amide bonds. The molecule has 180 valence electrons. The van der Waals surface area contributed by atoms with Gasteiger partial charge < -0.3 is 29.4 Å². The van der Waals surface area contributed by atoms with Crippen molar-refractivity contribution in [2.24, 2.45) is 5.73 Å². The van der Waals surface area contributed by atoms with Crippen molar-refractivity contribution in [1.82, 2.24) is 0 Å². The van der Waals surface area contributed by atoms with Gasteiger partial charge in [-0.25, -0.2) is 0 Å². The van der Waals surface area contributed by atoms with Gasteiger partial charge in [0.05, 0.1) is 26.4 Å². The summed E-state index contributed by atoms with van der Waals surface area (Å²) in [5.41, 5.74) is 9.67. The van der Waals surface area contributed by atoms with Crippen LogP contribution in [0.15, 0.2) is 91.0 Å². The van der Waals surface area contributed by atoms with Crippen LogP contribution in [0, 0.1) is 0 Å². The highest BCUT2D eigenvalue weighted by atomic mass is 16.6. The minimum atomic E-state index is -0.679. The lowest BCUT2D eigenvalue weighted by Gasteiger charge is -2.44. The highest BCUT2D eigenvalue weighted by Crippen LogP contribution is 2.28. The Morgan fingerprint density at radius 3 is 1.62 bits per heavy atom. The summed E-state index contributed by atoms with van der Waals surface area (Å²) in [5.74, 6) is 0. The Labute approximate surface area is 201 Å². The third-order valence-corrected chi connectivity index (χ3v) is 5.91. The smallest absolute Gasteiger partial charge is 0.135 e. The molecule has 1 fully saturated rings. The minimum absolute atomic E-state index is 0.331. The number of nitrogens with two attached hydrogens (primary N) is 1. The van der Waals surface area contributed by atoms with Crippen LogP contribution in [0.25, 0.3) is 0 Å². The molecule has 2 unspecified atom stereocenters. The van der Waals surface area contributed by atoms with E-state index in [4.69, 9.17) is 29.4 Å². The first kappa shape index (κ1) is 24.5. The van der Waals surface area contributed by atoms with Crippen LogP contribution < -0.4 is 5.73 Å². The van der Waals surface area contributed by atoms with Crippen molar-refractivity contribution in [3.8, 4) is 0 Å². The quantitative estimate of drug-likeness (QED) is 0.462. The summed E-state index contributed by atoms with van der Waals surface area (Å²) in [6, 6.07) is 30.0. The van der Waals surface area contributed by atoms with Crippen molar-refractivity contribution in [2.75, 3.05) is 13.7 Å². The SMILES string of the molecule is CO[C@@H]1C(COCc2ccccc2)O[C@@H](N)C(OCc2ccccc2)[C@H]1OCc1ccccc1. The van der Waals surface area contributed by atoms with Gasteiger partial charge in [0.15, 0.2) is 0 Å². The Morgan fingerprint density at radius 2 is 1.12 bits per heavy atom. The number of hydrogen-bond acceptors (Lipinski definition) is 6. The first-order valence-corrected chi connectivity index (χ1v) is 11.6. The molecule has 1 aliphatic rings. The van der Waals surface area contributed by atoms with Crippen LogP contribution in [-0.4, -0.2) is 44.4 Å². The number of ether oxygens (including phenoxy) is 5. The molecule has 0 bridgehead atoms. The van der Waals surface area contributed by atoms with E-state index < -0.39 is 24.5 Å². The summed E-state index contributed by atoms with van der Waals surface area (Å²) < 4.78 is 30.6. The van der Waals surface area contributed by atoms with Crippen molar-refractivity contribution < 1.29 is 23.7 Å². The van der Waals surface area contributed by atoms with E-state index in [1.807, 2.05) is 91.0 Å². The van der Waals surface area contributed by atoms with Gasteiger partial charge in [0.2, 0.25) is 0 Å². The zero-order valence-corrected chi connectivity index (χ0v) is 19.5. The summed E-state index contributed by atoms with van der Waals surface area (Å²) in [7, 11) is 1.65. The second kappa shape index (κ2) is 12.8. The maximum absolute atomic E-state index is 6.45. The van der Waals surface area contributed by atoms with Gasteiger partial charge in [-0.1, -0.05) is 91.0 Å². The van der Waals surface area contributed by atoms with Crippen LogP contribution in [0.2, 0.25) is 0 Å². The molecule has 34 heavy (non-hydrogen) atoms. The van der Waals surface area contributed by atoms with E-state index in [2.05, 4.69) is 0 Å². The number of hydrogen-bond donors (Lipinski definition) is 1. The van der Waals surface area contributed by atoms with Gasteiger partial charge in [0.25, 0.3) is 0 Å². The predicted octanol–water partition coefficient (Wildman–Crippen LogP) is 4.07. The Bertz CT molecular complexity index is 956. The van der Waals surface area contributed by atoms with E-state index in [1.54, 1.807) is 7.11 Å². The van der Waals surface area contributed by atoms with E-state index in [9.17, 15) is 0 Å². The van der Waals surface area contributed by atoms with Gasteiger partial charge in [-0.15, -0.1) is 0 Å². The van der Waals surface area contributed by atoms with Crippen LogP contribution in [0.1, 0.15) is 16.7 Å². The number of benzene rings is 3. The van der Waals surface area contributed by atoms with E-state index in [1.165, 1.54) is 0 Å².